The molecule has 1 atom stereocenters. The number of Topliss-reactive ketones (excluding diaryl/α,β-unsaturated/α-hetero) is 1. The van der Waals surface area contributed by atoms with Gasteiger partial charge in [0.15, 0.2) is 5.78 Å². The molecule has 0 radical (unpaired) electrons. The molecule has 1 aliphatic heterocycles. The van der Waals surface area contributed by atoms with Gasteiger partial charge in [0, 0.05) is 23.3 Å². The first-order chi connectivity index (χ1) is 15.1. The molecule has 1 amide bonds. The van der Waals surface area contributed by atoms with E-state index in [1.54, 1.807) is 29.2 Å². The van der Waals surface area contributed by atoms with Crippen LogP contribution < -0.4 is 10.2 Å². The Morgan fingerprint density at radius 1 is 0.903 bits per heavy atom. The molecule has 0 aromatic heterocycles. The second kappa shape index (κ2) is 7.84. The van der Waals surface area contributed by atoms with E-state index in [1.165, 1.54) is 12.1 Å². The van der Waals surface area contributed by atoms with Crippen LogP contribution in [0.1, 0.15) is 41.2 Å². The summed E-state index contributed by atoms with van der Waals surface area (Å²) in [5.74, 6) is -0.556. The van der Waals surface area contributed by atoms with Crippen molar-refractivity contribution in [2.75, 3.05) is 10.2 Å². The van der Waals surface area contributed by atoms with Crippen LogP contribution in [0.4, 0.5) is 15.8 Å². The molecule has 0 spiro atoms. The van der Waals surface area contributed by atoms with Crippen molar-refractivity contribution in [2.24, 2.45) is 0 Å². The third kappa shape index (κ3) is 3.42. The van der Waals surface area contributed by atoms with Gasteiger partial charge in [-0.25, -0.2) is 4.39 Å². The van der Waals surface area contributed by atoms with E-state index >= 15 is 0 Å². The smallest absolute Gasteiger partial charge is 0.259 e. The number of para-hydroxylation sites is 2. The molecule has 5 rings (SSSR count). The van der Waals surface area contributed by atoms with E-state index in [9.17, 15) is 14.0 Å². The molecule has 0 bridgehead atoms. The number of carbonyl (C=O) groups excluding carboxylic acids is 2. The van der Waals surface area contributed by atoms with Crippen molar-refractivity contribution in [1.82, 2.24) is 0 Å². The first-order valence-electron chi connectivity index (χ1n) is 10.4. The molecule has 1 unspecified atom stereocenters. The minimum absolute atomic E-state index is 0.0155. The molecule has 1 aliphatic carbocycles. The standard InChI is InChI=1S/C26H21FN2O2/c27-19-15-13-17(14-16-19)25-24-21(10-6-12-23(24)30)28-20-9-4-5-11-22(20)29(25)26(31)18-7-2-1-3-8-18/h1-5,7-9,11,13-16,25,28H,6,10,12H2. The van der Waals surface area contributed by atoms with E-state index in [0.717, 1.165) is 24.2 Å². The number of benzene rings is 3. The summed E-state index contributed by atoms with van der Waals surface area (Å²) in [6.45, 7) is 0. The number of ketones is 1. The van der Waals surface area contributed by atoms with Crippen molar-refractivity contribution in [3.8, 4) is 0 Å². The zero-order valence-corrected chi connectivity index (χ0v) is 16.8. The number of carbonyl (C=O) groups is 2. The van der Waals surface area contributed by atoms with Crippen LogP contribution >= 0.6 is 0 Å². The van der Waals surface area contributed by atoms with Crippen molar-refractivity contribution >= 4 is 23.1 Å². The molecule has 4 nitrogen and oxygen atoms in total. The van der Waals surface area contributed by atoms with Crippen LogP contribution in [0.3, 0.4) is 0 Å². The second-order valence-electron chi connectivity index (χ2n) is 7.81. The number of allylic oxidation sites excluding steroid dienone is 1. The highest BCUT2D eigenvalue weighted by molar-refractivity contribution is 6.11. The Labute approximate surface area is 180 Å². The van der Waals surface area contributed by atoms with Crippen molar-refractivity contribution in [2.45, 2.75) is 25.3 Å². The topological polar surface area (TPSA) is 49.4 Å². The number of halogens is 1. The normalized spacial score (nSPS) is 18.0. The quantitative estimate of drug-likeness (QED) is 0.592. The predicted molar refractivity (Wildman–Crippen MR) is 118 cm³/mol. The lowest BCUT2D eigenvalue weighted by molar-refractivity contribution is -0.116. The van der Waals surface area contributed by atoms with Gasteiger partial charge in [0.1, 0.15) is 5.82 Å². The number of hydrogen-bond acceptors (Lipinski definition) is 3. The van der Waals surface area contributed by atoms with E-state index in [2.05, 4.69) is 5.32 Å². The highest BCUT2D eigenvalue weighted by Gasteiger charge is 2.39. The maximum absolute atomic E-state index is 13.8. The Kier molecular flexibility index (Phi) is 4.86. The molecule has 3 aromatic rings. The average Bonchev–Trinajstić information content (AvgIpc) is 2.95. The van der Waals surface area contributed by atoms with Crippen LogP contribution in [0.25, 0.3) is 0 Å². The second-order valence-corrected chi connectivity index (χ2v) is 7.81. The Morgan fingerprint density at radius 3 is 2.39 bits per heavy atom. The maximum atomic E-state index is 13.8. The Morgan fingerprint density at radius 2 is 1.61 bits per heavy atom. The van der Waals surface area contributed by atoms with E-state index < -0.39 is 6.04 Å². The summed E-state index contributed by atoms with van der Waals surface area (Å²) in [6.07, 6.45) is 1.91. The third-order valence-electron chi connectivity index (χ3n) is 5.86. The van der Waals surface area contributed by atoms with Gasteiger partial charge in [-0.1, -0.05) is 42.5 Å². The van der Waals surface area contributed by atoms with Crippen molar-refractivity contribution in [3.63, 3.8) is 0 Å². The minimum Gasteiger partial charge on any atom is -0.357 e. The van der Waals surface area contributed by atoms with Gasteiger partial charge < -0.3 is 5.32 Å². The van der Waals surface area contributed by atoms with Crippen molar-refractivity contribution in [1.29, 1.82) is 0 Å². The maximum Gasteiger partial charge on any atom is 0.259 e. The summed E-state index contributed by atoms with van der Waals surface area (Å²) in [6, 6.07) is 22.0. The summed E-state index contributed by atoms with van der Waals surface area (Å²) in [5, 5.41) is 3.43. The summed E-state index contributed by atoms with van der Waals surface area (Å²) in [5.41, 5.74) is 4.11. The lowest BCUT2D eigenvalue weighted by Crippen LogP contribution is -2.38. The molecule has 0 fully saturated rings. The highest BCUT2D eigenvalue weighted by Crippen LogP contribution is 2.45. The van der Waals surface area contributed by atoms with E-state index in [1.807, 2.05) is 42.5 Å². The van der Waals surface area contributed by atoms with Crippen LogP contribution in [0.15, 0.2) is 90.1 Å². The van der Waals surface area contributed by atoms with Crippen LogP contribution in [0.2, 0.25) is 0 Å². The molecule has 0 saturated carbocycles. The zero-order valence-electron chi connectivity index (χ0n) is 16.8. The fourth-order valence-corrected chi connectivity index (χ4v) is 4.44. The van der Waals surface area contributed by atoms with Gasteiger partial charge >= 0.3 is 0 Å². The SMILES string of the molecule is O=C1CCCC2=C1C(c1ccc(F)cc1)N(C(=O)c1ccccc1)c1ccccc1N2. The van der Waals surface area contributed by atoms with Gasteiger partial charge in [0.05, 0.1) is 17.4 Å². The molecule has 5 heteroatoms. The van der Waals surface area contributed by atoms with Gasteiger partial charge in [-0.2, -0.15) is 0 Å². The summed E-state index contributed by atoms with van der Waals surface area (Å²) in [4.78, 5) is 28.7. The number of fused-ring (bicyclic) bond motifs is 1. The van der Waals surface area contributed by atoms with Crippen LogP contribution in [-0.2, 0) is 4.79 Å². The van der Waals surface area contributed by atoms with Gasteiger partial charge in [0.25, 0.3) is 5.91 Å². The van der Waals surface area contributed by atoms with Crippen LogP contribution in [0.5, 0.6) is 0 Å². The molecular weight excluding hydrogens is 391 g/mol. The fourth-order valence-electron chi connectivity index (χ4n) is 4.44. The van der Waals surface area contributed by atoms with Gasteiger partial charge in [-0.3, -0.25) is 14.5 Å². The van der Waals surface area contributed by atoms with Crippen LogP contribution in [-0.4, -0.2) is 11.7 Å². The first-order valence-corrected chi connectivity index (χ1v) is 10.4. The third-order valence-corrected chi connectivity index (χ3v) is 5.86. The Balaban J connectivity index is 1.78. The lowest BCUT2D eigenvalue weighted by atomic mass is 9.85. The molecule has 31 heavy (non-hydrogen) atoms. The summed E-state index contributed by atoms with van der Waals surface area (Å²) < 4.78 is 13.7. The molecule has 1 N–H and O–H groups in total. The summed E-state index contributed by atoms with van der Waals surface area (Å²) in [7, 11) is 0. The number of amides is 1. The molecule has 0 saturated heterocycles. The van der Waals surface area contributed by atoms with Gasteiger partial charge in [0.2, 0.25) is 0 Å². The van der Waals surface area contributed by atoms with Crippen molar-refractivity contribution < 1.29 is 14.0 Å². The van der Waals surface area contributed by atoms with E-state index in [4.69, 9.17) is 0 Å². The van der Waals surface area contributed by atoms with Crippen LogP contribution in [0, 0.1) is 5.82 Å². The molecule has 154 valence electrons. The van der Waals surface area contributed by atoms with Gasteiger partial charge in [-0.15, -0.1) is 0 Å². The molecule has 1 heterocycles. The number of hydrogen-bond donors (Lipinski definition) is 1. The molecular formula is C26H21FN2O2. The molecule has 3 aromatic carbocycles. The predicted octanol–water partition coefficient (Wildman–Crippen LogP) is 5.65. The van der Waals surface area contributed by atoms with Gasteiger partial charge in [-0.05, 0) is 54.8 Å². The number of nitrogens with one attached hydrogen (secondary N) is 1. The Bertz CT molecular complexity index is 1190. The van der Waals surface area contributed by atoms with E-state index in [0.29, 0.717) is 28.8 Å². The summed E-state index contributed by atoms with van der Waals surface area (Å²) >= 11 is 0. The number of rotatable bonds is 2. The largest absolute Gasteiger partial charge is 0.357 e. The van der Waals surface area contributed by atoms with E-state index in [-0.39, 0.29) is 17.5 Å². The fraction of sp³-hybridized carbons (Fsp3) is 0.154. The lowest BCUT2D eigenvalue weighted by Gasteiger charge is -2.34. The zero-order chi connectivity index (χ0) is 21.4. The highest BCUT2D eigenvalue weighted by atomic mass is 19.1. The number of anilines is 2. The minimum atomic E-state index is -0.646. The monoisotopic (exact) mass is 412 g/mol. The van der Waals surface area contributed by atoms with Crippen molar-refractivity contribution in [3.05, 3.63) is 107 Å². The Hall–Kier alpha value is -3.73. The number of nitrogens with zero attached hydrogens (tertiary/aromatic N) is 1. The average molecular weight is 412 g/mol. The molecule has 2 aliphatic rings. The first kappa shape index (κ1) is 19.2.